The van der Waals surface area contributed by atoms with Crippen LogP contribution in [0.2, 0.25) is 5.02 Å². The fraction of sp³-hybridized carbons (Fsp3) is 0.467. The van der Waals surface area contributed by atoms with Crippen molar-refractivity contribution in [3.05, 3.63) is 45.9 Å². The van der Waals surface area contributed by atoms with Gasteiger partial charge >= 0.3 is 0 Å². The topological polar surface area (TPSA) is 75.9 Å². The van der Waals surface area contributed by atoms with Crippen LogP contribution in [-0.4, -0.2) is 43.8 Å². The number of halogens is 1. The summed E-state index contributed by atoms with van der Waals surface area (Å²) in [7, 11) is 1.59. The minimum absolute atomic E-state index is 0.191. The van der Waals surface area contributed by atoms with Crippen molar-refractivity contribution < 1.29 is 0 Å². The van der Waals surface area contributed by atoms with Crippen molar-refractivity contribution in [2.24, 2.45) is 7.05 Å². The SMILES string of the molecule is Cn1ncc(NC2CCCN(Cc3cncnc3)C2)c(Cl)c1=O. The molecule has 0 radical (unpaired) electrons. The highest BCUT2D eigenvalue weighted by atomic mass is 35.5. The Balaban J connectivity index is 1.65. The van der Waals surface area contributed by atoms with Gasteiger partial charge < -0.3 is 5.32 Å². The summed E-state index contributed by atoms with van der Waals surface area (Å²) in [6.07, 6.45) is 8.94. The van der Waals surface area contributed by atoms with E-state index < -0.39 is 0 Å². The van der Waals surface area contributed by atoms with Crippen LogP contribution in [0.4, 0.5) is 5.69 Å². The Kier molecular flexibility index (Phi) is 4.88. The summed E-state index contributed by atoms with van der Waals surface area (Å²) in [6, 6.07) is 0.236. The molecule has 0 saturated carbocycles. The largest absolute Gasteiger partial charge is 0.378 e. The minimum Gasteiger partial charge on any atom is -0.378 e. The van der Waals surface area contributed by atoms with Crippen LogP contribution in [0.25, 0.3) is 0 Å². The first-order valence-corrected chi connectivity index (χ1v) is 7.96. The fourth-order valence-corrected chi connectivity index (χ4v) is 3.04. The van der Waals surface area contributed by atoms with Crippen molar-refractivity contribution in [2.75, 3.05) is 18.4 Å². The van der Waals surface area contributed by atoms with Gasteiger partial charge in [-0.05, 0) is 19.4 Å². The van der Waals surface area contributed by atoms with Gasteiger partial charge in [0.1, 0.15) is 11.3 Å². The van der Waals surface area contributed by atoms with Crippen molar-refractivity contribution in [1.82, 2.24) is 24.6 Å². The molecule has 0 aromatic carbocycles. The van der Waals surface area contributed by atoms with Gasteiger partial charge in [0.15, 0.2) is 0 Å². The molecule has 1 fully saturated rings. The first-order valence-electron chi connectivity index (χ1n) is 7.58. The van der Waals surface area contributed by atoms with E-state index >= 15 is 0 Å². The highest BCUT2D eigenvalue weighted by Gasteiger charge is 2.21. The third-order valence-corrected chi connectivity index (χ3v) is 4.33. The highest BCUT2D eigenvalue weighted by molar-refractivity contribution is 6.32. The molecule has 0 spiro atoms. The van der Waals surface area contributed by atoms with E-state index in [1.807, 2.05) is 12.4 Å². The molecule has 0 amide bonds. The number of aryl methyl sites for hydroxylation is 1. The summed E-state index contributed by atoms with van der Waals surface area (Å²) in [5.41, 5.74) is 1.41. The number of likely N-dealkylation sites (tertiary alicyclic amines) is 1. The Morgan fingerprint density at radius 2 is 2.13 bits per heavy atom. The van der Waals surface area contributed by atoms with Gasteiger partial charge in [0.05, 0.1) is 11.9 Å². The van der Waals surface area contributed by atoms with E-state index in [0.29, 0.717) is 5.69 Å². The van der Waals surface area contributed by atoms with Crippen molar-refractivity contribution in [2.45, 2.75) is 25.4 Å². The number of hydrogen-bond donors (Lipinski definition) is 1. The Hall–Kier alpha value is -1.99. The van der Waals surface area contributed by atoms with E-state index in [1.54, 1.807) is 13.2 Å². The first kappa shape index (κ1) is 15.9. The second kappa shape index (κ2) is 7.06. The molecule has 1 unspecified atom stereocenters. The Morgan fingerprint density at radius 1 is 1.35 bits per heavy atom. The molecular weight excluding hydrogens is 316 g/mol. The average molecular weight is 335 g/mol. The molecule has 2 aromatic heterocycles. The number of nitrogens with zero attached hydrogens (tertiary/aromatic N) is 5. The monoisotopic (exact) mass is 334 g/mol. The molecule has 1 N–H and O–H groups in total. The van der Waals surface area contributed by atoms with Crippen LogP contribution in [0, 0.1) is 0 Å². The van der Waals surface area contributed by atoms with Gasteiger partial charge in [0.2, 0.25) is 0 Å². The summed E-state index contributed by atoms with van der Waals surface area (Å²) in [5, 5.41) is 7.56. The quantitative estimate of drug-likeness (QED) is 0.908. The summed E-state index contributed by atoms with van der Waals surface area (Å²) in [6.45, 7) is 2.73. The second-order valence-electron chi connectivity index (χ2n) is 5.77. The maximum absolute atomic E-state index is 11.8. The summed E-state index contributed by atoms with van der Waals surface area (Å²) in [5.74, 6) is 0. The second-order valence-corrected chi connectivity index (χ2v) is 6.14. The van der Waals surface area contributed by atoms with Crippen LogP contribution in [0.5, 0.6) is 0 Å². The Morgan fingerprint density at radius 3 is 2.91 bits per heavy atom. The van der Waals surface area contributed by atoms with Gasteiger partial charge in [-0.25, -0.2) is 14.6 Å². The molecule has 0 bridgehead atoms. The van der Waals surface area contributed by atoms with Gasteiger partial charge in [-0.15, -0.1) is 0 Å². The molecule has 1 atom stereocenters. The van der Waals surface area contributed by atoms with E-state index in [4.69, 9.17) is 11.6 Å². The number of rotatable bonds is 4. The molecule has 1 aliphatic heterocycles. The average Bonchev–Trinajstić information content (AvgIpc) is 2.57. The molecule has 7 nitrogen and oxygen atoms in total. The number of piperidine rings is 1. The lowest BCUT2D eigenvalue weighted by Crippen LogP contribution is -2.42. The summed E-state index contributed by atoms with van der Waals surface area (Å²) < 4.78 is 1.23. The van der Waals surface area contributed by atoms with Gasteiger partial charge in [0.25, 0.3) is 5.56 Å². The molecular formula is C15H19ClN6O. The molecule has 2 aromatic rings. The predicted octanol–water partition coefficient (Wildman–Crippen LogP) is 1.30. The third-order valence-electron chi connectivity index (χ3n) is 3.96. The van der Waals surface area contributed by atoms with Crippen molar-refractivity contribution in [1.29, 1.82) is 0 Å². The van der Waals surface area contributed by atoms with E-state index in [2.05, 4.69) is 25.3 Å². The molecule has 3 heterocycles. The minimum atomic E-state index is -0.286. The van der Waals surface area contributed by atoms with Gasteiger partial charge in [0, 0.05) is 44.1 Å². The van der Waals surface area contributed by atoms with E-state index in [-0.39, 0.29) is 16.6 Å². The lowest BCUT2D eigenvalue weighted by Gasteiger charge is -2.33. The molecule has 3 rings (SSSR count). The van der Waals surface area contributed by atoms with E-state index in [1.165, 1.54) is 11.0 Å². The standard InChI is InChI=1S/C15H19ClN6O/c1-21-15(23)14(16)13(7-19-21)20-12-3-2-4-22(9-12)8-11-5-17-10-18-6-11/h5-7,10,12,20H,2-4,8-9H2,1H3. The van der Waals surface area contributed by atoms with Gasteiger partial charge in [-0.2, -0.15) is 5.10 Å². The zero-order valence-corrected chi connectivity index (χ0v) is 13.7. The molecule has 0 aliphatic carbocycles. The van der Waals surface area contributed by atoms with Crippen molar-refractivity contribution in [3.63, 3.8) is 0 Å². The van der Waals surface area contributed by atoms with Crippen LogP contribution in [0.3, 0.4) is 0 Å². The zero-order valence-electron chi connectivity index (χ0n) is 12.9. The van der Waals surface area contributed by atoms with Gasteiger partial charge in [-0.3, -0.25) is 9.69 Å². The number of anilines is 1. The van der Waals surface area contributed by atoms with Crippen LogP contribution < -0.4 is 10.9 Å². The Bertz CT molecular complexity index is 720. The number of hydrogen-bond acceptors (Lipinski definition) is 6. The van der Waals surface area contributed by atoms with Crippen LogP contribution in [-0.2, 0) is 13.6 Å². The molecule has 23 heavy (non-hydrogen) atoms. The molecule has 1 saturated heterocycles. The number of nitrogens with one attached hydrogen (secondary N) is 1. The third kappa shape index (κ3) is 3.86. The lowest BCUT2D eigenvalue weighted by molar-refractivity contribution is 0.208. The molecule has 8 heteroatoms. The zero-order chi connectivity index (χ0) is 16.2. The smallest absolute Gasteiger partial charge is 0.287 e. The molecule has 1 aliphatic rings. The lowest BCUT2D eigenvalue weighted by atomic mass is 10.0. The van der Waals surface area contributed by atoms with Crippen LogP contribution in [0.15, 0.2) is 29.7 Å². The van der Waals surface area contributed by atoms with Crippen LogP contribution in [0.1, 0.15) is 18.4 Å². The van der Waals surface area contributed by atoms with Gasteiger partial charge in [-0.1, -0.05) is 11.6 Å². The molecule has 122 valence electrons. The van der Waals surface area contributed by atoms with Crippen LogP contribution >= 0.6 is 11.6 Å². The number of aromatic nitrogens is 4. The van der Waals surface area contributed by atoms with E-state index in [9.17, 15) is 4.79 Å². The summed E-state index contributed by atoms with van der Waals surface area (Å²) >= 11 is 6.12. The normalized spacial score (nSPS) is 18.8. The Labute approximate surface area is 139 Å². The maximum atomic E-state index is 11.8. The fourth-order valence-electron chi connectivity index (χ4n) is 2.82. The maximum Gasteiger partial charge on any atom is 0.287 e. The van der Waals surface area contributed by atoms with Crippen molar-refractivity contribution in [3.8, 4) is 0 Å². The highest BCUT2D eigenvalue weighted by Crippen LogP contribution is 2.20. The predicted molar refractivity (Wildman–Crippen MR) is 88.4 cm³/mol. The van der Waals surface area contributed by atoms with Crippen molar-refractivity contribution >= 4 is 17.3 Å². The van der Waals surface area contributed by atoms with E-state index in [0.717, 1.165) is 38.0 Å². The summed E-state index contributed by atoms with van der Waals surface area (Å²) in [4.78, 5) is 22.3. The first-order chi connectivity index (χ1) is 11.1.